The highest BCUT2D eigenvalue weighted by molar-refractivity contribution is 5.72. The fraction of sp³-hybridized carbons (Fsp3) is 0.500. The minimum atomic E-state index is 0.630. The Kier molecular flexibility index (Phi) is 2.63. The molecule has 3 nitrogen and oxygen atoms in total. The predicted molar refractivity (Wildman–Crippen MR) is 67.7 cm³/mol. The van der Waals surface area contributed by atoms with E-state index < -0.39 is 0 Å². The fourth-order valence-electron chi connectivity index (χ4n) is 2.28. The summed E-state index contributed by atoms with van der Waals surface area (Å²) in [6, 6.07) is 8.56. The third-order valence-electron chi connectivity index (χ3n) is 3.72. The van der Waals surface area contributed by atoms with E-state index in [1.54, 1.807) is 0 Å². The molecule has 0 amide bonds. The lowest BCUT2D eigenvalue weighted by Crippen LogP contribution is -2.30. The summed E-state index contributed by atoms with van der Waals surface area (Å²) in [5, 5.41) is 0. The minimum Gasteiger partial charge on any atom is -0.439 e. The van der Waals surface area contributed by atoms with Gasteiger partial charge in [0.2, 0.25) is 5.89 Å². The van der Waals surface area contributed by atoms with Gasteiger partial charge in [-0.15, -0.1) is 0 Å². The average Bonchev–Trinajstić information content (AvgIpc) is 3.08. The quantitative estimate of drug-likeness (QED) is 0.808. The van der Waals surface area contributed by atoms with E-state index in [2.05, 4.69) is 23.9 Å². The van der Waals surface area contributed by atoms with Crippen LogP contribution in [0.1, 0.15) is 25.7 Å². The first-order valence-corrected chi connectivity index (χ1v) is 6.29. The molecule has 90 valence electrons. The summed E-state index contributed by atoms with van der Waals surface area (Å²) in [5.41, 5.74) is 1.84. The van der Waals surface area contributed by atoms with Gasteiger partial charge in [-0.3, -0.25) is 4.90 Å². The summed E-state index contributed by atoms with van der Waals surface area (Å²) in [6.07, 6.45) is 2.75. The molecule has 0 radical (unpaired) electrons. The van der Waals surface area contributed by atoms with Crippen molar-refractivity contribution in [2.75, 3.05) is 7.05 Å². The highest BCUT2D eigenvalue weighted by Gasteiger charge is 2.30. The van der Waals surface area contributed by atoms with Gasteiger partial charge in [0.1, 0.15) is 5.52 Å². The van der Waals surface area contributed by atoms with Gasteiger partial charge in [0.05, 0.1) is 6.54 Å². The number of benzene rings is 1. The molecule has 17 heavy (non-hydrogen) atoms. The van der Waals surface area contributed by atoms with Gasteiger partial charge in [0.25, 0.3) is 0 Å². The van der Waals surface area contributed by atoms with Crippen molar-refractivity contribution in [3.8, 4) is 0 Å². The van der Waals surface area contributed by atoms with Crippen molar-refractivity contribution in [1.29, 1.82) is 0 Å². The zero-order valence-electron chi connectivity index (χ0n) is 10.4. The van der Waals surface area contributed by atoms with Gasteiger partial charge in [-0.05, 0) is 44.9 Å². The van der Waals surface area contributed by atoms with E-state index in [0.717, 1.165) is 29.5 Å². The number of fused-ring (bicyclic) bond motifs is 1. The number of nitrogens with zero attached hydrogens (tertiary/aromatic N) is 2. The Bertz CT molecular complexity index is 483. The molecule has 1 aliphatic carbocycles. The van der Waals surface area contributed by atoms with Crippen LogP contribution in [-0.4, -0.2) is 23.0 Å². The number of para-hydroxylation sites is 2. The van der Waals surface area contributed by atoms with Crippen molar-refractivity contribution in [1.82, 2.24) is 9.88 Å². The maximum atomic E-state index is 5.74. The molecular formula is C14H18N2O. The van der Waals surface area contributed by atoms with Crippen LogP contribution in [0.4, 0.5) is 0 Å². The van der Waals surface area contributed by atoms with Crippen LogP contribution in [0.15, 0.2) is 28.7 Å². The molecule has 1 aromatic heterocycles. The maximum absolute atomic E-state index is 5.74. The third kappa shape index (κ3) is 2.20. The Hall–Kier alpha value is -1.35. The first kappa shape index (κ1) is 10.8. The first-order valence-electron chi connectivity index (χ1n) is 6.29. The van der Waals surface area contributed by atoms with Crippen LogP contribution in [0.2, 0.25) is 0 Å². The van der Waals surface area contributed by atoms with Crippen LogP contribution in [0.25, 0.3) is 11.1 Å². The van der Waals surface area contributed by atoms with Crippen LogP contribution < -0.4 is 0 Å². The second-order valence-electron chi connectivity index (χ2n) is 5.07. The topological polar surface area (TPSA) is 29.3 Å². The van der Waals surface area contributed by atoms with Crippen molar-refractivity contribution >= 4 is 11.1 Å². The molecule has 1 atom stereocenters. The van der Waals surface area contributed by atoms with E-state index in [4.69, 9.17) is 4.42 Å². The average molecular weight is 230 g/mol. The van der Waals surface area contributed by atoms with Crippen molar-refractivity contribution in [3.63, 3.8) is 0 Å². The Labute approximate surface area is 101 Å². The normalized spacial score (nSPS) is 17.8. The summed E-state index contributed by atoms with van der Waals surface area (Å²) in [4.78, 5) is 6.84. The van der Waals surface area contributed by atoms with Crippen LogP contribution >= 0.6 is 0 Å². The molecular weight excluding hydrogens is 212 g/mol. The number of rotatable bonds is 4. The molecule has 1 aromatic carbocycles. The molecule has 1 fully saturated rings. The van der Waals surface area contributed by atoms with Gasteiger partial charge in [0, 0.05) is 6.04 Å². The third-order valence-corrected chi connectivity index (χ3v) is 3.72. The lowest BCUT2D eigenvalue weighted by atomic mass is 10.2. The van der Waals surface area contributed by atoms with Crippen LogP contribution in [0, 0.1) is 5.92 Å². The second kappa shape index (κ2) is 4.15. The van der Waals surface area contributed by atoms with Gasteiger partial charge in [-0.1, -0.05) is 12.1 Å². The van der Waals surface area contributed by atoms with E-state index in [1.165, 1.54) is 12.8 Å². The predicted octanol–water partition coefficient (Wildman–Crippen LogP) is 3.06. The largest absolute Gasteiger partial charge is 0.439 e. The Balaban J connectivity index is 1.75. The Morgan fingerprint density at radius 1 is 1.41 bits per heavy atom. The Morgan fingerprint density at radius 3 is 2.88 bits per heavy atom. The molecule has 1 saturated carbocycles. The van der Waals surface area contributed by atoms with E-state index in [0.29, 0.717) is 6.04 Å². The lowest BCUT2D eigenvalue weighted by molar-refractivity contribution is 0.208. The van der Waals surface area contributed by atoms with Gasteiger partial charge < -0.3 is 4.42 Å². The van der Waals surface area contributed by atoms with Crippen LogP contribution in [0.3, 0.4) is 0 Å². The van der Waals surface area contributed by atoms with Crippen molar-refractivity contribution < 1.29 is 4.42 Å². The van der Waals surface area contributed by atoms with E-state index in [1.807, 2.05) is 24.3 Å². The molecule has 0 aliphatic heterocycles. The van der Waals surface area contributed by atoms with Crippen molar-refractivity contribution in [3.05, 3.63) is 30.2 Å². The molecule has 1 aliphatic rings. The van der Waals surface area contributed by atoms with Gasteiger partial charge in [-0.25, -0.2) is 4.98 Å². The van der Waals surface area contributed by atoms with E-state index in [9.17, 15) is 0 Å². The van der Waals surface area contributed by atoms with Gasteiger partial charge >= 0.3 is 0 Å². The monoisotopic (exact) mass is 230 g/mol. The van der Waals surface area contributed by atoms with Crippen molar-refractivity contribution in [2.45, 2.75) is 32.4 Å². The van der Waals surface area contributed by atoms with Crippen LogP contribution in [0.5, 0.6) is 0 Å². The zero-order valence-corrected chi connectivity index (χ0v) is 10.4. The summed E-state index contributed by atoms with van der Waals surface area (Å²) in [6.45, 7) is 3.09. The SMILES string of the molecule is C[C@H](C1CC1)N(C)Cc1nc2ccccc2o1. The summed E-state index contributed by atoms with van der Waals surface area (Å²) < 4.78 is 5.74. The first-order chi connectivity index (χ1) is 8.24. The zero-order chi connectivity index (χ0) is 11.8. The molecule has 0 unspecified atom stereocenters. The molecule has 1 heterocycles. The fourth-order valence-corrected chi connectivity index (χ4v) is 2.28. The molecule has 3 heteroatoms. The maximum Gasteiger partial charge on any atom is 0.209 e. The van der Waals surface area contributed by atoms with Gasteiger partial charge in [0.15, 0.2) is 5.58 Å². The highest BCUT2D eigenvalue weighted by Crippen LogP contribution is 2.35. The Morgan fingerprint density at radius 2 is 2.18 bits per heavy atom. The molecule has 0 spiro atoms. The smallest absolute Gasteiger partial charge is 0.209 e. The van der Waals surface area contributed by atoms with Crippen LogP contribution in [-0.2, 0) is 6.54 Å². The highest BCUT2D eigenvalue weighted by atomic mass is 16.3. The van der Waals surface area contributed by atoms with E-state index in [-0.39, 0.29) is 0 Å². The molecule has 0 N–H and O–H groups in total. The minimum absolute atomic E-state index is 0.630. The number of oxazole rings is 1. The molecule has 2 aromatic rings. The van der Waals surface area contributed by atoms with E-state index >= 15 is 0 Å². The summed E-state index contributed by atoms with van der Waals surface area (Å²) in [5.74, 6) is 1.70. The molecule has 3 rings (SSSR count). The number of aromatic nitrogens is 1. The van der Waals surface area contributed by atoms with Crippen molar-refractivity contribution in [2.24, 2.45) is 5.92 Å². The lowest BCUT2D eigenvalue weighted by Gasteiger charge is -2.22. The second-order valence-corrected chi connectivity index (χ2v) is 5.07. The summed E-state index contributed by atoms with van der Waals surface area (Å²) in [7, 11) is 2.15. The standard InChI is InChI=1S/C14H18N2O/c1-10(11-7-8-11)16(2)9-14-15-12-5-3-4-6-13(12)17-14/h3-6,10-11H,7-9H2,1-2H3/t10-/m1/s1. The summed E-state index contributed by atoms with van der Waals surface area (Å²) >= 11 is 0. The molecule has 0 saturated heterocycles. The van der Waals surface area contributed by atoms with Gasteiger partial charge in [-0.2, -0.15) is 0 Å². The number of hydrogen-bond donors (Lipinski definition) is 0. The number of hydrogen-bond acceptors (Lipinski definition) is 3. The molecule has 0 bridgehead atoms.